The fourth-order valence-corrected chi connectivity index (χ4v) is 3.03. The number of nitrogens with one attached hydrogen (secondary N) is 1. The highest BCUT2D eigenvalue weighted by Gasteiger charge is 2.15. The maximum atomic E-state index is 6.31. The molecular weight excluding hydrogens is 332 g/mol. The number of aromatic nitrogens is 3. The van der Waals surface area contributed by atoms with E-state index in [9.17, 15) is 0 Å². The van der Waals surface area contributed by atoms with Crippen LogP contribution < -0.4 is 5.32 Å². The van der Waals surface area contributed by atoms with Gasteiger partial charge in [0, 0.05) is 41.6 Å². The Kier molecular flexibility index (Phi) is 4.04. The normalized spacial score (nSPS) is 10.8. The number of benzene rings is 2. The number of halogens is 1. The standard InChI is InChI=1S/C20H15ClN4/c1-22-15-8-7-14-11-16(19-20(21)24-10-9-23-19)18(25-17(14)12-15)13-5-3-2-4-6-13/h2-12,22H,1H3. The van der Waals surface area contributed by atoms with Crippen molar-refractivity contribution in [2.24, 2.45) is 0 Å². The second-order valence-electron chi connectivity index (χ2n) is 5.60. The summed E-state index contributed by atoms with van der Waals surface area (Å²) in [6.07, 6.45) is 3.23. The zero-order valence-electron chi connectivity index (χ0n) is 13.6. The number of fused-ring (bicyclic) bond motifs is 1. The van der Waals surface area contributed by atoms with Gasteiger partial charge in [-0.1, -0.05) is 48.0 Å². The molecule has 122 valence electrons. The van der Waals surface area contributed by atoms with Gasteiger partial charge >= 0.3 is 0 Å². The fraction of sp³-hybridized carbons (Fsp3) is 0.0500. The van der Waals surface area contributed by atoms with Crippen LogP contribution in [0.3, 0.4) is 0 Å². The SMILES string of the molecule is CNc1ccc2cc(-c3nccnc3Cl)c(-c3ccccc3)nc2c1. The smallest absolute Gasteiger partial charge is 0.155 e. The van der Waals surface area contributed by atoms with Crippen molar-refractivity contribution in [3.63, 3.8) is 0 Å². The number of hydrogen-bond acceptors (Lipinski definition) is 4. The maximum absolute atomic E-state index is 6.31. The lowest BCUT2D eigenvalue weighted by molar-refractivity contribution is 1.20. The Morgan fingerprint density at radius 2 is 1.68 bits per heavy atom. The van der Waals surface area contributed by atoms with Crippen molar-refractivity contribution in [2.75, 3.05) is 12.4 Å². The predicted octanol–water partition coefficient (Wildman–Crippen LogP) is 5.05. The highest BCUT2D eigenvalue weighted by atomic mass is 35.5. The minimum atomic E-state index is 0.368. The van der Waals surface area contributed by atoms with Gasteiger partial charge in [-0.05, 0) is 18.2 Å². The zero-order valence-corrected chi connectivity index (χ0v) is 14.3. The van der Waals surface area contributed by atoms with Crippen molar-refractivity contribution in [2.45, 2.75) is 0 Å². The van der Waals surface area contributed by atoms with Crippen LogP contribution in [-0.2, 0) is 0 Å². The van der Waals surface area contributed by atoms with Crippen LogP contribution in [0.1, 0.15) is 0 Å². The molecule has 2 heterocycles. The number of anilines is 1. The minimum absolute atomic E-state index is 0.368. The van der Waals surface area contributed by atoms with Crippen LogP contribution in [0.4, 0.5) is 5.69 Å². The van der Waals surface area contributed by atoms with Gasteiger partial charge in [0.2, 0.25) is 0 Å². The van der Waals surface area contributed by atoms with E-state index in [1.165, 1.54) is 0 Å². The zero-order chi connectivity index (χ0) is 17.2. The Morgan fingerprint density at radius 3 is 2.44 bits per heavy atom. The van der Waals surface area contributed by atoms with Crippen molar-refractivity contribution in [3.8, 4) is 22.5 Å². The summed E-state index contributed by atoms with van der Waals surface area (Å²) in [5, 5.41) is 4.54. The van der Waals surface area contributed by atoms with Crippen LogP contribution in [0, 0.1) is 0 Å². The highest BCUT2D eigenvalue weighted by molar-refractivity contribution is 6.32. The van der Waals surface area contributed by atoms with Crippen LogP contribution in [0.15, 0.2) is 67.0 Å². The molecule has 2 aromatic heterocycles. The van der Waals surface area contributed by atoms with E-state index in [1.807, 2.05) is 55.6 Å². The molecule has 0 aliphatic rings. The van der Waals surface area contributed by atoms with E-state index in [0.29, 0.717) is 10.8 Å². The lowest BCUT2D eigenvalue weighted by Crippen LogP contribution is -1.96. The van der Waals surface area contributed by atoms with Gasteiger partial charge in [-0.2, -0.15) is 0 Å². The van der Waals surface area contributed by atoms with Crippen molar-refractivity contribution in [1.82, 2.24) is 15.0 Å². The van der Waals surface area contributed by atoms with E-state index < -0.39 is 0 Å². The van der Waals surface area contributed by atoms with Gasteiger partial charge in [0.1, 0.15) is 5.69 Å². The molecule has 0 saturated heterocycles. The Hall–Kier alpha value is -2.98. The Balaban J connectivity index is 2.04. The first-order valence-electron chi connectivity index (χ1n) is 7.91. The summed E-state index contributed by atoms with van der Waals surface area (Å²) in [6, 6.07) is 18.2. The average molecular weight is 347 g/mol. The average Bonchev–Trinajstić information content (AvgIpc) is 2.67. The molecular formula is C20H15ClN4. The molecule has 0 fully saturated rings. The van der Waals surface area contributed by atoms with Crippen molar-refractivity contribution < 1.29 is 0 Å². The molecule has 0 radical (unpaired) electrons. The molecule has 4 nitrogen and oxygen atoms in total. The third-order valence-corrected chi connectivity index (χ3v) is 4.34. The first-order valence-corrected chi connectivity index (χ1v) is 8.29. The highest BCUT2D eigenvalue weighted by Crippen LogP contribution is 2.35. The van der Waals surface area contributed by atoms with Crippen LogP contribution in [0.2, 0.25) is 5.15 Å². The van der Waals surface area contributed by atoms with E-state index in [-0.39, 0.29) is 0 Å². The fourth-order valence-electron chi connectivity index (χ4n) is 2.82. The third kappa shape index (κ3) is 2.92. The molecule has 4 aromatic rings. The first kappa shape index (κ1) is 15.5. The summed E-state index contributed by atoms with van der Waals surface area (Å²) in [6.45, 7) is 0. The van der Waals surface area contributed by atoms with Crippen LogP contribution >= 0.6 is 11.6 Å². The first-order chi connectivity index (χ1) is 12.3. The molecule has 5 heteroatoms. The van der Waals surface area contributed by atoms with Gasteiger partial charge in [0.15, 0.2) is 5.15 Å². The third-order valence-electron chi connectivity index (χ3n) is 4.06. The molecule has 0 spiro atoms. The second-order valence-corrected chi connectivity index (χ2v) is 5.96. The Morgan fingerprint density at radius 1 is 0.880 bits per heavy atom. The molecule has 0 amide bonds. The van der Waals surface area contributed by atoms with Crippen LogP contribution in [-0.4, -0.2) is 22.0 Å². The molecule has 2 aromatic carbocycles. The lowest BCUT2D eigenvalue weighted by Gasteiger charge is -2.12. The van der Waals surface area contributed by atoms with Crippen LogP contribution in [0.25, 0.3) is 33.4 Å². The van der Waals surface area contributed by atoms with E-state index in [4.69, 9.17) is 16.6 Å². The largest absolute Gasteiger partial charge is 0.388 e. The van der Waals surface area contributed by atoms with Gasteiger partial charge in [0.25, 0.3) is 0 Å². The van der Waals surface area contributed by atoms with Crippen LogP contribution in [0.5, 0.6) is 0 Å². The molecule has 0 aliphatic carbocycles. The second kappa shape index (κ2) is 6.49. The number of hydrogen-bond donors (Lipinski definition) is 1. The van der Waals surface area contributed by atoms with E-state index in [2.05, 4.69) is 21.4 Å². The Bertz CT molecular complexity index is 1050. The van der Waals surface area contributed by atoms with E-state index in [1.54, 1.807) is 12.4 Å². The van der Waals surface area contributed by atoms with Gasteiger partial charge in [-0.3, -0.25) is 4.98 Å². The number of nitrogens with zero attached hydrogens (tertiary/aromatic N) is 3. The molecule has 0 bridgehead atoms. The summed E-state index contributed by atoms with van der Waals surface area (Å²) >= 11 is 6.31. The van der Waals surface area contributed by atoms with Gasteiger partial charge in [-0.25, -0.2) is 9.97 Å². The summed E-state index contributed by atoms with van der Waals surface area (Å²) in [5.74, 6) is 0. The van der Waals surface area contributed by atoms with E-state index >= 15 is 0 Å². The molecule has 0 saturated carbocycles. The number of pyridine rings is 1. The van der Waals surface area contributed by atoms with Gasteiger partial charge < -0.3 is 5.32 Å². The number of rotatable bonds is 3. The molecule has 0 unspecified atom stereocenters. The summed E-state index contributed by atoms with van der Waals surface area (Å²) in [7, 11) is 1.90. The quantitative estimate of drug-likeness (QED) is 0.563. The molecule has 1 N–H and O–H groups in total. The summed E-state index contributed by atoms with van der Waals surface area (Å²) in [4.78, 5) is 13.5. The van der Waals surface area contributed by atoms with Crippen molar-refractivity contribution in [1.29, 1.82) is 0 Å². The molecule has 25 heavy (non-hydrogen) atoms. The monoisotopic (exact) mass is 346 g/mol. The topological polar surface area (TPSA) is 50.7 Å². The predicted molar refractivity (Wildman–Crippen MR) is 103 cm³/mol. The maximum Gasteiger partial charge on any atom is 0.155 e. The van der Waals surface area contributed by atoms with Crippen molar-refractivity contribution >= 4 is 28.2 Å². The molecule has 0 atom stereocenters. The minimum Gasteiger partial charge on any atom is -0.388 e. The Labute approximate surface area is 150 Å². The van der Waals surface area contributed by atoms with Gasteiger partial charge in [-0.15, -0.1) is 0 Å². The molecule has 0 aliphatic heterocycles. The summed E-state index contributed by atoms with van der Waals surface area (Å²) < 4.78 is 0. The van der Waals surface area contributed by atoms with E-state index in [0.717, 1.165) is 33.4 Å². The van der Waals surface area contributed by atoms with Gasteiger partial charge in [0.05, 0.1) is 11.2 Å². The molecule has 4 rings (SSSR count). The summed E-state index contributed by atoms with van der Waals surface area (Å²) in [5.41, 5.74) is 5.28. The lowest BCUT2D eigenvalue weighted by atomic mass is 10.0. The van der Waals surface area contributed by atoms with Crippen molar-refractivity contribution in [3.05, 3.63) is 72.1 Å².